The van der Waals surface area contributed by atoms with Crippen LogP contribution in [0.4, 0.5) is 10.1 Å². The van der Waals surface area contributed by atoms with Crippen LogP contribution in [0.3, 0.4) is 0 Å². The van der Waals surface area contributed by atoms with Crippen molar-refractivity contribution in [2.45, 2.75) is 26.2 Å². The molecular formula is C28H29FN4O2. The second-order valence-corrected chi connectivity index (χ2v) is 9.19. The van der Waals surface area contributed by atoms with E-state index in [0.29, 0.717) is 29.1 Å². The topological polar surface area (TPSA) is 77.2 Å². The Balaban J connectivity index is 1.40. The van der Waals surface area contributed by atoms with E-state index in [1.165, 1.54) is 25.0 Å². The van der Waals surface area contributed by atoms with Gasteiger partial charge in [-0.2, -0.15) is 0 Å². The summed E-state index contributed by atoms with van der Waals surface area (Å²) in [5.41, 5.74) is 5.47. The molecule has 5 rings (SSSR count). The molecule has 2 amide bonds. The number of nitrogens with zero attached hydrogens (tertiary/aromatic N) is 1. The smallest absolute Gasteiger partial charge is 0.256 e. The molecule has 2 aliphatic rings. The number of aromatic amines is 1. The zero-order valence-corrected chi connectivity index (χ0v) is 19.8. The van der Waals surface area contributed by atoms with Crippen LogP contribution in [0.5, 0.6) is 0 Å². The highest BCUT2D eigenvalue weighted by Gasteiger charge is 2.28. The Hall–Kier alpha value is -3.71. The number of amides is 2. The van der Waals surface area contributed by atoms with E-state index in [9.17, 15) is 14.0 Å². The number of nitrogens with one attached hydrogen (secondary N) is 3. The third-order valence-electron chi connectivity index (χ3n) is 6.63. The number of likely N-dealkylation sites (tertiary alicyclic amines) is 1. The number of carbonyl (C=O) groups excluding carboxylic acids is 2. The Morgan fingerprint density at radius 2 is 1.91 bits per heavy atom. The van der Waals surface area contributed by atoms with E-state index in [0.717, 1.165) is 48.4 Å². The number of carbonyl (C=O) groups is 2. The molecule has 3 heterocycles. The average Bonchev–Trinajstić information content (AvgIpc) is 3.57. The number of hydrogen-bond donors (Lipinski definition) is 3. The molecule has 180 valence electrons. The van der Waals surface area contributed by atoms with Gasteiger partial charge in [0.2, 0.25) is 0 Å². The van der Waals surface area contributed by atoms with Gasteiger partial charge in [0.1, 0.15) is 5.82 Å². The number of halogens is 1. The van der Waals surface area contributed by atoms with Gasteiger partial charge in [-0.25, -0.2) is 4.39 Å². The van der Waals surface area contributed by atoms with Crippen molar-refractivity contribution in [1.29, 1.82) is 0 Å². The first-order chi connectivity index (χ1) is 17.0. The zero-order chi connectivity index (χ0) is 24.4. The fraction of sp³-hybridized carbons (Fsp3) is 0.286. The molecule has 0 unspecified atom stereocenters. The number of aryl methyl sites for hydroxylation is 1. The van der Waals surface area contributed by atoms with Crippen molar-refractivity contribution in [2.24, 2.45) is 0 Å². The predicted octanol–water partition coefficient (Wildman–Crippen LogP) is 4.84. The van der Waals surface area contributed by atoms with Crippen LogP contribution in [0.1, 0.15) is 46.6 Å². The Morgan fingerprint density at radius 1 is 1.14 bits per heavy atom. The largest absolute Gasteiger partial charge is 0.358 e. The molecule has 2 aromatic carbocycles. The van der Waals surface area contributed by atoms with Gasteiger partial charge in [-0.1, -0.05) is 24.3 Å². The van der Waals surface area contributed by atoms with Crippen molar-refractivity contribution in [3.63, 3.8) is 0 Å². The monoisotopic (exact) mass is 472 g/mol. The summed E-state index contributed by atoms with van der Waals surface area (Å²) in [6.07, 6.45) is 5.15. The summed E-state index contributed by atoms with van der Waals surface area (Å²) < 4.78 is 13.5. The van der Waals surface area contributed by atoms with Crippen LogP contribution in [0.2, 0.25) is 0 Å². The molecule has 2 aliphatic heterocycles. The Morgan fingerprint density at radius 3 is 2.69 bits per heavy atom. The Labute approximate surface area is 204 Å². The van der Waals surface area contributed by atoms with Crippen molar-refractivity contribution < 1.29 is 14.0 Å². The van der Waals surface area contributed by atoms with Crippen molar-refractivity contribution in [3.8, 4) is 11.1 Å². The maximum Gasteiger partial charge on any atom is 0.256 e. The standard InChI is InChI=1S/C28H29FN4O2/c1-18-16-22(27(34)30-12-5-15-33-13-2-3-14-33)25(31-18)17-23-26-21(19-8-10-20(29)11-9-19)6-4-7-24(26)32-28(23)35/h4,6-11,16-17,31H,2-3,5,12-15H2,1H3,(H,30,34)(H,32,35)/b23-17-. The first kappa shape index (κ1) is 23.1. The molecule has 0 radical (unpaired) electrons. The van der Waals surface area contributed by atoms with E-state index < -0.39 is 0 Å². The van der Waals surface area contributed by atoms with Crippen LogP contribution in [-0.2, 0) is 4.79 Å². The Bertz CT molecular complexity index is 1290. The van der Waals surface area contributed by atoms with E-state index in [4.69, 9.17) is 0 Å². The minimum Gasteiger partial charge on any atom is -0.358 e. The van der Waals surface area contributed by atoms with E-state index in [1.54, 1.807) is 18.2 Å². The molecule has 1 fully saturated rings. The van der Waals surface area contributed by atoms with Crippen LogP contribution < -0.4 is 10.6 Å². The quantitative estimate of drug-likeness (QED) is 0.340. The van der Waals surface area contributed by atoms with Crippen molar-refractivity contribution in [2.75, 3.05) is 31.5 Å². The highest BCUT2D eigenvalue weighted by molar-refractivity contribution is 6.36. The van der Waals surface area contributed by atoms with Gasteiger partial charge in [-0.3, -0.25) is 9.59 Å². The maximum atomic E-state index is 13.5. The fourth-order valence-corrected chi connectivity index (χ4v) is 4.92. The average molecular weight is 473 g/mol. The number of anilines is 1. The van der Waals surface area contributed by atoms with Crippen LogP contribution in [0.25, 0.3) is 22.8 Å². The minimum absolute atomic E-state index is 0.159. The molecule has 1 saturated heterocycles. The summed E-state index contributed by atoms with van der Waals surface area (Å²) >= 11 is 0. The molecule has 1 aromatic heterocycles. The van der Waals surface area contributed by atoms with Gasteiger partial charge in [0, 0.05) is 23.5 Å². The van der Waals surface area contributed by atoms with E-state index in [-0.39, 0.29) is 17.6 Å². The van der Waals surface area contributed by atoms with Crippen LogP contribution in [-0.4, -0.2) is 47.9 Å². The van der Waals surface area contributed by atoms with Crippen molar-refractivity contribution in [1.82, 2.24) is 15.2 Å². The third-order valence-corrected chi connectivity index (χ3v) is 6.63. The lowest BCUT2D eigenvalue weighted by Crippen LogP contribution is -2.28. The van der Waals surface area contributed by atoms with Crippen LogP contribution in [0, 0.1) is 12.7 Å². The van der Waals surface area contributed by atoms with Gasteiger partial charge >= 0.3 is 0 Å². The molecule has 0 saturated carbocycles. The maximum absolute atomic E-state index is 13.5. The summed E-state index contributed by atoms with van der Waals surface area (Å²) in [5, 5.41) is 5.94. The molecule has 0 aliphatic carbocycles. The zero-order valence-electron chi connectivity index (χ0n) is 19.8. The van der Waals surface area contributed by atoms with Crippen LogP contribution >= 0.6 is 0 Å². The Kier molecular flexibility index (Phi) is 6.51. The summed E-state index contributed by atoms with van der Waals surface area (Å²) in [6, 6.07) is 13.6. The number of fused-ring (bicyclic) bond motifs is 1. The molecule has 3 aromatic rings. The van der Waals surface area contributed by atoms with E-state index in [2.05, 4.69) is 20.5 Å². The molecule has 0 spiro atoms. The molecule has 6 nitrogen and oxygen atoms in total. The normalized spacial score (nSPS) is 16.5. The molecule has 3 N–H and O–H groups in total. The first-order valence-electron chi connectivity index (χ1n) is 12.1. The predicted molar refractivity (Wildman–Crippen MR) is 136 cm³/mol. The van der Waals surface area contributed by atoms with E-state index in [1.807, 2.05) is 31.2 Å². The summed E-state index contributed by atoms with van der Waals surface area (Å²) in [4.78, 5) is 31.6. The number of hydrogen-bond acceptors (Lipinski definition) is 3. The molecular weight excluding hydrogens is 443 g/mol. The molecule has 0 bridgehead atoms. The number of benzene rings is 2. The summed E-state index contributed by atoms with van der Waals surface area (Å²) in [7, 11) is 0. The van der Waals surface area contributed by atoms with Crippen molar-refractivity contribution >= 4 is 29.2 Å². The van der Waals surface area contributed by atoms with Gasteiger partial charge in [-0.15, -0.1) is 0 Å². The first-order valence-corrected chi connectivity index (χ1v) is 12.1. The SMILES string of the molecule is Cc1cc(C(=O)NCCCN2CCCC2)c(/C=C2\C(=O)Nc3cccc(-c4ccc(F)cc4)c32)[nH]1. The number of H-pyrrole nitrogens is 1. The van der Waals surface area contributed by atoms with Gasteiger partial charge < -0.3 is 20.5 Å². The van der Waals surface area contributed by atoms with Crippen molar-refractivity contribution in [3.05, 3.63) is 76.9 Å². The second kappa shape index (κ2) is 9.88. The minimum atomic E-state index is -0.316. The van der Waals surface area contributed by atoms with Gasteiger partial charge in [0.15, 0.2) is 0 Å². The van der Waals surface area contributed by atoms with Gasteiger partial charge in [-0.05, 0) is 87.3 Å². The summed E-state index contributed by atoms with van der Waals surface area (Å²) in [5.74, 6) is -0.712. The van der Waals surface area contributed by atoms with E-state index >= 15 is 0 Å². The highest BCUT2D eigenvalue weighted by Crippen LogP contribution is 2.40. The number of aromatic nitrogens is 1. The lowest BCUT2D eigenvalue weighted by molar-refractivity contribution is -0.110. The molecule has 7 heteroatoms. The van der Waals surface area contributed by atoms with Gasteiger partial charge in [0.25, 0.3) is 11.8 Å². The third kappa shape index (κ3) is 4.91. The molecule has 0 atom stereocenters. The van der Waals surface area contributed by atoms with Gasteiger partial charge in [0.05, 0.1) is 16.8 Å². The lowest BCUT2D eigenvalue weighted by Gasteiger charge is -2.14. The number of rotatable bonds is 7. The summed E-state index contributed by atoms with van der Waals surface area (Å²) in [6.45, 7) is 5.77. The van der Waals surface area contributed by atoms with Crippen LogP contribution in [0.15, 0.2) is 48.5 Å². The molecule has 35 heavy (non-hydrogen) atoms. The fourth-order valence-electron chi connectivity index (χ4n) is 4.92. The highest BCUT2D eigenvalue weighted by atomic mass is 19.1. The second-order valence-electron chi connectivity index (χ2n) is 9.19. The lowest BCUT2D eigenvalue weighted by atomic mass is 9.94.